The minimum atomic E-state index is -0.737. The van der Waals surface area contributed by atoms with Crippen LogP contribution in [0.5, 0.6) is 0 Å². The maximum Gasteiger partial charge on any atom is 0.148 e. The summed E-state index contributed by atoms with van der Waals surface area (Å²) in [5.41, 5.74) is 7.75. The van der Waals surface area contributed by atoms with E-state index in [0.29, 0.717) is 11.5 Å². The van der Waals surface area contributed by atoms with Gasteiger partial charge in [-0.25, -0.2) is 9.97 Å². The van der Waals surface area contributed by atoms with Crippen molar-refractivity contribution in [2.75, 3.05) is 12.3 Å². The Morgan fingerprint density at radius 2 is 2.16 bits per heavy atom. The molecule has 3 aromatic rings. The SMILES string of the molecule is Cc1ccc(-c2cn([C@@H]3OC(CO)C(O)[C@@H]3C)c3ncnc(N)c23)s1. The highest BCUT2D eigenvalue weighted by molar-refractivity contribution is 7.15. The molecule has 1 fully saturated rings. The summed E-state index contributed by atoms with van der Waals surface area (Å²) < 4.78 is 7.78. The first kappa shape index (κ1) is 16.5. The molecule has 1 aliphatic heterocycles. The standard InChI is InChI=1S/C17H20N4O3S/c1-8-3-4-12(25-8)10-5-21(16-13(10)15(18)19-7-20-16)17-9(2)14(23)11(6-22)24-17/h3-5,7,9,11,14,17,22-23H,6H2,1-2H3,(H2,18,19,20)/t9-,11?,14?,17+/m0/s1. The van der Waals surface area contributed by atoms with Crippen molar-refractivity contribution in [1.82, 2.24) is 14.5 Å². The van der Waals surface area contributed by atoms with Crippen molar-refractivity contribution in [2.24, 2.45) is 5.92 Å². The van der Waals surface area contributed by atoms with Gasteiger partial charge in [0.05, 0.1) is 18.1 Å². The molecule has 0 amide bonds. The molecule has 8 heteroatoms. The maximum atomic E-state index is 10.3. The first-order valence-corrected chi connectivity index (χ1v) is 8.95. The summed E-state index contributed by atoms with van der Waals surface area (Å²) in [5, 5.41) is 20.5. The van der Waals surface area contributed by atoms with Gasteiger partial charge in [0.1, 0.15) is 30.1 Å². The van der Waals surface area contributed by atoms with Gasteiger partial charge >= 0.3 is 0 Å². The highest BCUT2D eigenvalue weighted by Gasteiger charge is 2.42. The van der Waals surface area contributed by atoms with Gasteiger partial charge in [-0.1, -0.05) is 6.92 Å². The summed E-state index contributed by atoms with van der Waals surface area (Å²) in [6.45, 7) is 3.73. The van der Waals surface area contributed by atoms with Crippen molar-refractivity contribution in [3.8, 4) is 10.4 Å². The number of aliphatic hydroxyl groups is 2. The fourth-order valence-corrected chi connectivity index (χ4v) is 4.31. The Kier molecular flexibility index (Phi) is 3.99. The quantitative estimate of drug-likeness (QED) is 0.659. The molecule has 7 nitrogen and oxygen atoms in total. The van der Waals surface area contributed by atoms with E-state index in [2.05, 4.69) is 29.0 Å². The van der Waals surface area contributed by atoms with E-state index in [1.807, 2.05) is 17.7 Å². The molecule has 0 aliphatic carbocycles. The van der Waals surface area contributed by atoms with E-state index in [1.165, 1.54) is 11.2 Å². The van der Waals surface area contributed by atoms with Crippen molar-refractivity contribution >= 4 is 28.2 Å². The molecule has 3 aromatic heterocycles. The lowest BCUT2D eigenvalue weighted by Crippen LogP contribution is -2.28. The number of hydrogen-bond donors (Lipinski definition) is 3. The molecule has 0 aromatic carbocycles. The van der Waals surface area contributed by atoms with Gasteiger partial charge in [0, 0.05) is 27.4 Å². The normalized spacial score (nSPS) is 26.6. The number of fused-ring (bicyclic) bond motifs is 1. The molecule has 0 radical (unpaired) electrons. The number of aliphatic hydroxyl groups excluding tert-OH is 2. The predicted octanol–water partition coefficient (Wildman–Crippen LogP) is 1.94. The second-order valence-electron chi connectivity index (χ2n) is 6.42. The average molecular weight is 360 g/mol. The monoisotopic (exact) mass is 360 g/mol. The summed E-state index contributed by atoms with van der Waals surface area (Å²) in [6, 6.07) is 4.11. The number of anilines is 1. The highest BCUT2D eigenvalue weighted by Crippen LogP contribution is 2.41. The third kappa shape index (κ3) is 2.53. The van der Waals surface area contributed by atoms with Crippen molar-refractivity contribution in [3.05, 3.63) is 29.5 Å². The van der Waals surface area contributed by atoms with Crippen LogP contribution in [0.25, 0.3) is 21.5 Å². The van der Waals surface area contributed by atoms with Crippen LogP contribution in [0.1, 0.15) is 18.0 Å². The molecule has 4 heterocycles. The summed E-state index contributed by atoms with van der Waals surface area (Å²) in [7, 11) is 0. The van der Waals surface area contributed by atoms with Gasteiger partial charge in [-0.15, -0.1) is 11.3 Å². The van der Waals surface area contributed by atoms with Crippen molar-refractivity contribution < 1.29 is 14.9 Å². The second kappa shape index (κ2) is 6.06. The number of aryl methyl sites for hydroxylation is 1. The number of rotatable bonds is 3. The molecule has 2 unspecified atom stereocenters. The molecule has 4 atom stereocenters. The van der Waals surface area contributed by atoms with Crippen LogP contribution < -0.4 is 5.73 Å². The van der Waals surface area contributed by atoms with Crippen LogP contribution in [-0.2, 0) is 4.74 Å². The van der Waals surface area contributed by atoms with E-state index in [4.69, 9.17) is 10.5 Å². The molecule has 0 saturated carbocycles. The van der Waals surface area contributed by atoms with E-state index in [1.54, 1.807) is 11.3 Å². The van der Waals surface area contributed by atoms with Crippen LogP contribution in [0, 0.1) is 12.8 Å². The Morgan fingerprint density at radius 1 is 1.36 bits per heavy atom. The van der Waals surface area contributed by atoms with Gasteiger partial charge < -0.3 is 25.3 Å². The van der Waals surface area contributed by atoms with E-state index in [9.17, 15) is 10.2 Å². The molecule has 1 saturated heterocycles. The summed E-state index contributed by atoms with van der Waals surface area (Å²) in [5.74, 6) is 0.219. The van der Waals surface area contributed by atoms with Gasteiger partial charge in [-0.2, -0.15) is 0 Å². The number of thiophene rings is 1. The molecule has 25 heavy (non-hydrogen) atoms. The number of hydrogen-bond acceptors (Lipinski definition) is 7. The van der Waals surface area contributed by atoms with Gasteiger partial charge in [0.2, 0.25) is 0 Å². The number of nitrogen functional groups attached to an aromatic ring is 1. The molecule has 0 bridgehead atoms. The van der Waals surface area contributed by atoms with Gasteiger partial charge in [-0.05, 0) is 19.1 Å². The lowest BCUT2D eigenvalue weighted by atomic mass is 10.0. The van der Waals surface area contributed by atoms with Crippen molar-refractivity contribution in [2.45, 2.75) is 32.3 Å². The zero-order valence-corrected chi connectivity index (χ0v) is 14.8. The van der Waals surface area contributed by atoms with E-state index in [-0.39, 0.29) is 12.5 Å². The summed E-state index contributed by atoms with van der Waals surface area (Å²) in [6.07, 6.45) is 1.60. The third-order valence-electron chi connectivity index (χ3n) is 4.78. The summed E-state index contributed by atoms with van der Waals surface area (Å²) in [4.78, 5) is 10.8. The minimum absolute atomic E-state index is 0.193. The van der Waals surface area contributed by atoms with E-state index >= 15 is 0 Å². The Balaban J connectivity index is 1.90. The Labute approximate surface area is 148 Å². The molecular weight excluding hydrogens is 340 g/mol. The number of nitrogens with two attached hydrogens (primary N) is 1. The fraction of sp³-hybridized carbons (Fsp3) is 0.412. The lowest BCUT2D eigenvalue weighted by Gasteiger charge is -2.18. The van der Waals surface area contributed by atoms with Gasteiger partial charge in [-0.3, -0.25) is 0 Å². The van der Waals surface area contributed by atoms with Crippen LogP contribution >= 0.6 is 11.3 Å². The topological polar surface area (TPSA) is 106 Å². The first-order chi connectivity index (χ1) is 12.0. The fourth-order valence-electron chi connectivity index (χ4n) is 3.43. The lowest BCUT2D eigenvalue weighted by molar-refractivity contribution is -0.0444. The maximum absolute atomic E-state index is 10.3. The molecule has 0 spiro atoms. The molecule has 1 aliphatic rings. The highest BCUT2D eigenvalue weighted by atomic mass is 32.1. The zero-order chi connectivity index (χ0) is 17.7. The second-order valence-corrected chi connectivity index (χ2v) is 7.70. The first-order valence-electron chi connectivity index (χ1n) is 8.13. The number of aromatic nitrogens is 3. The van der Waals surface area contributed by atoms with Gasteiger partial charge in [0.15, 0.2) is 0 Å². The van der Waals surface area contributed by atoms with Gasteiger partial charge in [0.25, 0.3) is 0 Å². The molecule has 4 rings (SSSR count). The van der Waals surface area contributed by atoms with E-state index in [0.717, 1.165) is 15.8 Å². The third-order valence-corrected chi connectivity index (χ3v) is 5.82. The average Bonchev–Trinajstić information content (AvgIpc) is 3.26. The zero-order valence-electron chi connectivity index (χ0n) is 14.0. The van der Waals surface area contributed by atoms with Crippen LogP contribution in [0.4, 0.5) is 5.82 Å². The van der Waals surface area contributed by atoms with Crippen LogP contribution in [0.3, 0.4) is 0 Å². The summed E-state index contributed by atoms with van der Waals surface area (Å²) >= 11 is 1.67. The van der Waals surface area contributed by atoms with Crippen molar-refractivity contribution in [3.63, 3.8) is 0 Å². The number of ether oxygens (including phenoxy) is 1. The van der Waals surface area contributed by atoms with Crippen molar-refractivity contribution in [1.29, 1.82) is 0 Å². The Morgan fingerprint density at radius 3 is 2.80 bits per heavy atom. The molecule has 132 valence electrons. The predicted molar refractivity (Wildman–Crippen MR) is 96.2 cm³/mol. The molecular formula is C17H20N4O3S. The smallest absolute Gasteiger partial charge is 0.148 e. The Hall–Kier alpha value is -2.00. The van der Waals surface area contributed by atoms with E-state index < -0.39 is 18.4 Å². The van der Waals surface area contributed by atoms with Crippen LogP contribution in [-0.4, -0.2) is 43.6 Å². The number of nitrogens with zero attached hydrogens (tertiary/aromatic N) is 3. The molecule has 4 N–H and O–H groups in total. The van der Waals surface area contributed by atoms with Crippen LogP contribution in [0.2, 0.25) is 0 Å². The largest absolute Gasteiger partial charge is 0.394 e. The minimum Gasteiger partial charge on any atom is -0.394 e. The van der Waals surface area contributed by atoms with Crippen LogP contribution in [0.15, 0.2) is 24.7 Å². The Bertz CT molecular complexity index is 922.